The van der Waals surface area contributed by atoms with Crippen molar-refractivity contribution in [2.24, 2.45) is 0 Å². The Morgan fingerprint density at radius 2 is 1.60 bits per heavy atom. The van der Waals surface area contributed by atoms with Gasteiger partial charge in [0.1, 0.15) is 0 Å². The summed E-state index contributed by atoms with van der Waals surface area (Å²) in [6.07, 6.45) is 7.35. The Morgan fingerprint density at radius 1 is 0.933 bits per heavy atom. The lowest BCUT2D eigenvalue weighted by Gasteiger charge is -2.20. The zero-order valence-corrected chi connectivity index (χ0v) is 10.8. The molecule has 0 spiro atoms. The van der Waals surface area contributed by atoms with Crippen LogP contribution in [0.3, 0.4) is 0 Å². The molecule has 2 nitrogen and oxygen atoms in total. The van der Waals surface area contributed by atoms with Crippen LogP contribution in [0.15, 0.2) is 0 Å². The molecular formula is C12H26ClNO. The molecule has 0 bridgehead atoms. The van der Waals surface area contributed by atoms with Gasteiger partial charge in [-0.3, -0.25) is 0 Å². The van der Waals surface area contributed by atoms with Crippen molar-refractivity contribution in [3.63, 3.8) is 0 Å². The van der Waals surface area contributed by atoms with Gasteiger partial charge in [0, 0.05) is 12.4 Å². The molecule has 0 amide bonds. The van der Waals surface area contributed by atoms with E-state index in [0.717, 1.165) is 31.9 Å². The quantitative estimate of drug-likeness (QED) is 0.440. The third-order valence-electron chi connectivity index (χ3n) is 2.60. The summed E-state index contributed by atoms with van der Waals surface area (Å²) in [5.41, 5.74) is 0. The Labute approximate surface area is 99.6 Å². The smallest absolute Gasteiger partial charge is 0.0558 e. The highest BCUT2D eigenvalue weighted by molar-refractivity contribution is 6.17. The van der Waals surface area contributed by atoms with Gasteiger partial charge in [-0.25, -0.2) is 0 Å². The number of rotatable bonds is 11. The van der Waals surface area contributed by atoms with Crippen molar-refractivity contribution in [2.45, 2.75) is 45.4 Å². The molecule has 1 N–H and O–H groups in total. The van der Waals surface area contributed by atoms with Gasteiger partial charge in [0.25, 0.3) is 0 Å². The second kappa shape index (κ2) is 12.3. The van der Waals surface area contributed by atoms with Crippen molar-refractivity contribution in [2.75, 3.05) is 32.1 Å². The zero-order chi connectivity index (χ0) is 11.4. The molecule has 92 valence electrons. The van der Waals surface area contributed by atoms with E-state index in [9.17, 15) is 0 Å². The van der Waals surface area contributed by atoms with Gasteiger partial charge < -0.3 is 10.0 Å². The van der Waals surface area contributed by atoms with E-state index in [1.165, 1.54) is 32.1 Å². The first-order valence-corrected chi connectivity index (χ1v) is 6.77. The highest BCUT2D eigenvalue weighted by Gasteiger charge is 2.02. The predicted octanol–water partition coefficient (Wildman–Crippen LogP) is 2.88. The first kappa shape index (κ1) is 15.2. The van der Waals surface area contributed by atoms with E-state index in [2.05, 4.69) is 11.8 Å². The minimum atomic E-state index is 0.283. The second-order valence-corrected chi connectivity index (χ2v) is 4.40. The highest BCUT2D eigenvalue weighted by atomic mass is 35.5. The Hall–Kier alpha value is 0.210. The third-order valence-corrected chi connectivity index (χ3v) is 2.87. The minimum absolute atomic E-state index is 0.283. The second-order valence-electron chi connectivity index (χ2n) is 4.02. The summed E-state index contributed by atoms with van der Waals surface area (Å²) < 4.78 is 0. The van der Waals surface area contributed by atoms with Crippen LogP contribution in [0.4, 0.5) is 0 Å². The molecule has 0 atom stereocenters. The molecular weight excluding hydrogens is 210 g/mol. The average molecular weight is 236 g/mol. The number of unbranched alkanes of at least 4 members (excludes halogenated alkanes) is 4. The molecule has 0 aromatic carbocycles. The fourth-order valence-corrected chi connectivity index (χ4v) is 1.83. The van der Waals surface area contributed by atoms with Crippen LogP contribution in [0.5, 0.6) is 0 Å². The molecule has 0 radical (unpaired) electrons. The van der Waals surface area contributed by atoms with Gasteiger partial charge in [0.05, 0.1) is 6.61 Å². The number of hydrogen-bond donors (Lipinski definition) is 1. The van der Waals surface area contributed by atoms with Gasteiger partial charge in [0.2, 0.25) is 0 Å². The van der Waals surface area contributed by atoms with E-state index < -0.39 is 0 Å². The monoisotopic (exact) mass is 235 g/mol. The van der Waals surface area contributed by atoms with E-state index >= 15 is 0 Å². The summed E-state index contributed by atoms with van der Waals surface area (Å²) in [5.74, 6) is 0.788. The summed E-state index contributed by atoms with van der Waals surface area (Å²) in [6, 6.07) is 0. The van der Waals surface area contributed by atoms with Crippen molar-refractivity contribution >= 4 is 11.6 Å². The first-order valence-electron chi connectivity index (χ1n) is 6.24. The van der Waals surface area contributed by atoms with Gasteiger partial charge in [-0.15, -0.1) is 11.6 Å². The van der Waals surface area contributed by atoms with Crippen LogP contribution in [0.1, 0.15) is 45.4 Å². The summed E-state index contributed by atoms with van der Waals surface area (Å²) in [6.45, 7) is 5.58. The van der Waals surface area contributed by atoms with Crippen LogP contribution in [0, 0.1) is 0 Å². The molecule has 0 fully saturated rings. The number of aliphatic hydroxyl groups is 1. The fraction of sp³-hybridized carbons (Fsp3) is 1.00. The van der Waals surface area contributed by atoms with Crippen LogP contribution < -0.4 is 0 Å². The topological polar surface area (TPSA) is 23.5 Å². The molecule has 0 aliphatic carbocycles. The fourth-order valence-electron chi connectivity index (χ4n) is 1.64. The number of hydrogen-bond acceptors (Lipinski definition) is 2. The highest BCUT2D eigenvalue weighted by Crippen LogP contribution is 2.04. The van der Waals surface area contributed by atoms with E-state index in [0.29, 0.717) is 0 Å². The van der Waals surface area contributed by atoms with Gasteiger partial charge >= 0.3 is 0 Å². The molecule has 0 heterocycles. The van der Waals surface area contributed by atoms with Crippen LogP contribution in [-0.2, 0) is 0 Å². The standard InChI is InChI=1S/C12H26ClNO/c1-2-3-9-14(11-12-15)10-7-5-4-6-8-13/h15H,2-12H2,1H3. The van der Waals surface area contributed by atoms with Crippen LogP contribution >= 0.6 is 11.6 Å². The lowest BCUT2D eigenvalue weighted by atomic mass is 10.2. The van der Waals surface area contributed by atoms with Crippen LogP contribution in [0.2, 0.25) is 0 Å². The summed E-state index contributed by atoms with van der Waals surface area (Å²) in [7, 11) is 0. The Balaban J connectivity index is 3.38. The van der Waals surface area contributed by atoms with Crippen molar-refractivity contribution in [3.05, 3.63) is 0 Å². The van der Waals surface area contributed by atoms with Gasteiger partial charge in [-0.1, -0.05) is 26.2 Å². The van der Waals surface area contributed by atoms with Gasteiger partial charge in [0.15, 0.2) is 0 Å². The number of aliphatic hydroxyl groups excluding tert-OH is 1. The SMILES string of the molecule is CCCCN(CCO)CCCCCCCl. The zero-order valence-electron chi connectivity index (χ0n) is 10.1. The number of alkyl halides is 1. The summed E-state index contributed by atoms with van der Waals surface area (Å²) in [5, 5.41) is 8.92. The van der Waals surface area contributed by atoms with E-state index in [4.69, 9.17) is 16.7 Å². The normalized spacial score (nSPS) is 11.2. The average Bonchev–Trinajstić information content (AvgIpc) is 2.25. The Kier molecular flexibility index (Phi) is 12.5. The maximum Gasteiger partial charge on any atom is 0.0558 e. The molecule has 0 saturated carbocycles. The van der Waals surface area contributed by atoms with Crippen molar-refractivity contribution in [1.29, 1.82) is 0 Å². The third kappa shape index (κ3) is 10.5. The van der Waals surface area contributed by atoms with Gasteiger partial charge in [-0.2, -0.15) is 0 Å². The molecule has 0 aromatic heterocycles. The van der Waals surface area contributed by atoms with Crippen molar-refractivity contribution < 1.29 is 5.11 Å². The molecule has 0 saturated heterocycles. The molecule has 0 aliphatic rings. The maximum atomic E-state index is 8.92. The van der Waals surface area contributed by atoms with E-state index in [-0.39, 0.29) is 6.61 Å². The first-order chi connectivity index (χ1) is 7.35. The molecule has 15 heavy (non-hydrogen) atoms. The molecule has 0 aliphatic heterocycles. The van der Waals surface area contributed by atoms with Crippen LogP contribution in [0.25, 0.3) is 0 Å². The lowest BCUT2D eigenvalue weighted by Crippen LogP contribution is -2.29. The largest absolute Gasteiger partial charge is 0.395 e. The minimum Gasteiger partial charge on any atom is -0.395 e. The van der Waals surface area contributed by atoms with E-state index in [1.807, 2.05) is 0 Å². The molecule has 3 heteroatoms. The van der Waals surface area contributed by atoms with Crippen molar-refractivity contribution in [1.82, 2.24) is 4.90 Å². The molecule has 0 unspecified atom stereocenters. The summed E-state index contributed by atoms with van der Waals surface area (Å²) >= 11 is 5.62. The molecule has 0 aromatic rings. The lowest BCUT2D eigenvalue weighted by molar-refractivity contribution is 0.191. The van der Waals surface area contributed by atoms with E-state index in [1.54, 1.807) is 0 Å². The molecule has 0 rings (SSSR count). The van der Waals surface area contributed by atoms with Crippen LogP contribution in [-0.4, -0.2) is 42.1 Å². The van der Waals surface area contributed by atoms with Crippen molar-refractivity contribution in [3.8, 4) is 0 Å². The Bertz CT molecular complexity index is 122. The summed E-state index contributed by atoms with van der Waals surface area (Å²) in [4.78, 5) is 2.37. The predicted molar refractivity (Wildman–Crippen MR) is 67.6 cm³/mol. The van der Waals surface area contributed by atoms with Gasteiger partial charge in [-0.05, 0) is 32.4 Å². The number of halogens is 1. The maximum absolute atomic E-state index is 8.92. The Morgan fingerprint density at radius 3 is 2.20 bits per heavy atom. The number of nitrogens with zero attached hydrogens (tertiary/aromatic N) is 1.